The molecule has 1 aromatic heterocycles. The first-order chi connectivity index (χ1) is 8.33. The predicted octanol–water partition coefficient (Wildman–Crippen LogP) is 1.26. The summed E-state index contributed by atoms with van der Waals surface area (Å²) in [4.78, 5) is 13.3. The molecule has 0 aromatic carbocycles. The highest BCUT2D eigenvalue weighted by Crippen LogP contribution is 2.25. The highest BCUT2D eigenvalue weighted by molar-refractivity contribution is 5.54. The third-order valence-electron chi connectivity index (χ3n) is 3.58. The van der Waals surface area contributed by atoms with Gasteiger partial charge in [-0.2, -0.15) is 9.97 Å². The fourth-order valence-electron chi connectivity index (χ4n) is 2.66. The summed E-state index contributed by atoms with van der Waals surface area (Å²) in [5.41, 5.74) is 5.82. The van der Waals surface area contributed by atoms with E-state index in [0.29, 0.717) is 5.95 Å². The molecule has 5 nitrogen and oxygen atoms in total. The maximum Gasteiger partial charge on any atom is 0.223 e. The van der Waals surface area contributed by atoms with E-state index in [0.717, 1.165) is 37.8 Å². The third kappa shape index (κ3) is 2.14. The highest BCUT2D eigenvalue weighted by atomic mass is 15.3. The Bertz CT molecular complexity index is 360. The number of nitrogens with two attached hydrogens (primary N) is 1. The van der Waals surface area contributed by atoms with E-state index in [1.54, 1.807) is 0 Å². The second kappa shape index (κ2) is 4.39. The molecule has 2 aliphatic heterocycles. The van der Waals surface area contributed by atoms with Gasteiger partial charge in [0.2, 0.25) is 5.95 Å². The molecule has 2 fully saturated rings. The lowest BCUT2D eigenvalue weighted by Crippen LogP contribution is -2.23. The Morgan fingerprint density at radius 2 is 1.24 bits per heavy atom. The van der Waals surface area contributed by atoms with Gasteiger partial charge in [-0.1, -0.05) is 0 Å². The molecule has 2 aliphatic rings. The SMILES string of the molecule is Nc1nc(N2CCCC2)cc(N2CCCC2)n1. The van der Waals surface area contributed by atoms with E-state index in [1.165, 1.54) is 25.7 Å². The minimum absolute atomic E-state index is 0.399. The average Bonchev–Trinajstić information content (AvgIpc) is 3.02. The summed E-state index contributed by atoms with van der Waals surface area (Å²) < 4.78 is 0. The lowest BCUT2D eigenvalue weighted by atomic mass is 10.4. The summed E-state index contributed by atoms with van der Waals surface area (Å²) in [5, 5.41) is 0. The normalized spacial score (nSPS) is 20.2. The molecule has 0 bridgehead atoms. The minimum Gasteiger partial charge on any atom is -0.368 e. The van der Waals surface area contributed by atoms with Crippen molar-refractivity contribution in [2.24, 2.45) is 0 Å². The van der Waals surface area contributed by atoms with Crippen LogP contribution in [0.1, 0.15) is 25.7 Å². The van der Waals surface area contributed by atoms with Crippen LogP contribution in [0.2, 0.25) is 0 Å². The van der Waals surface area contributed by atoms with Crippen LogP contribution >= 0.6 is 0 Å². The second-order valence-electron chi connectivity index (χ2n) is 4.83. The van der Waals surface area contributed by atoms with Crippen molar-refractivity contribution in [3.63, 3.8) is 0 Å². The Labute approximate surface area is 102 Å². The topological polar surface area (TPSA) is 58.3 Å². The third-order valence-corrected chi connectivity index (χ3v) is 3.58. The molecule has 0 radical (unpaired) electrons. The van der Waals surface area contributed by atoms with Crippen molar-refractivity contribution in [1.82, 2.24) is 9.97 Å². The molecule has 2 saturated heterocycles. The number of rotatable bonds is 2. The number of nitrogen functional groups attached to an aromatic ring is 1. The van der Waals surface area contributed by atoms with Crippen LogP contribution in [-0.4, -0.2) is 36.1 Å². The van der Waals surface area contributed by atoms with E-state index in [9.17, 15) is 0 Å². The molecule has 92 valence electrons. The van der Waals surface area contributed by atoms with E-state index < -0.39 is 0 Å². The molecule has 5 heteroatoms. The van der Waals surface area contributed by atoms with Gasteiger partial charge in [0.15, 0.2) is 0 Å². The van der Waals surface area contributed by atoms with Crippen LogP contribution in [0, 0.1) is 0 Å². The Hall–Kier alpha value is -1.52. The van der Waals surface area contributed by atoms with Gasteiger partial charge in [-0.25, -0.2) is 0 Å². The number of hydrogen-bond donors (Lipinski definition) is 1. The summed E-state index contributed by atoms with van der Waals surface area (Å²) in [6, 6.07) is 2.09. The Morgan fingerprint density at radius 1 is 0.824 bits per heavy atom. The number of aromatic nitrogens is 2. The number of nitrogens with zero attached hydrogens (tertiary/aromatic N) is 4. The molecular weight excluding hydrogens is 214 g/mol. The zero-order valence-electron chi connectivity index (χ0n) is 10.1. The quantitative estimate of drug-likeness (QED) is 0.833. The molecule has 0 spiro atoms. The van der Waals surface area contributed by atoms with Crippen molar-refractivity contribution in [2.75, 3.05) is 41.7 Å². The second-order valence-corrected chi connectivity index (χ2v) is 4.83. The van der Waals surface area contributed by atoms with Gasteiger partial charge >= 0.3 is 0 Å². The van der Waals surface area contributed by atoms with E-state index in [1.807, 2.05) is 0 Å². The molecule has 0 aliphatic carbocycles. The van der Waals surface area contributed by atoms with Crippen LogP contribution in [0.4, 0.5) is 17.6 Å². The van der Waals surface area contributed by atoms with Crippen LogP contribution < -0.4 is 15.5 Å². The predicted molar refractivity (Wildman–Crippen MR) is 69.3 cm³/mol. The molecule has 0 atom stereocenters. The molecular formula is C12H19N5. The van der Waals surface area contributed by atoms with Crippen molar-refractivity contribution < 1.29 is 0 Å². The summed E-state index contributed by atoms with van der Waals surface area (Å²) in [7, 11) is 0. The van der Waals surface area contributed by atoms with Crippen molar-refractivity contribution in [3.8, 4) is 0 Å². The summed E-state index contributed by atoms with van der Waals surface area (Å²) in [5.74, 6) is 2.39. The first-order valence-electron chi connectivity index (χ1n) is 6.47. The zero-order chi connectivity index (χ0) is 11.7. The average molecular weight is 233 g/mol. The van der Waals surface area contributed by atoms with Crippen LogP contribution in [0.25, 0.3) is 0 Å². The monoisotopic (exact) mass is 233 g/mol. The van der Waals surface area contributed by atoms with E-state index >= 15 is 0 Å². The van der Waals surface area contributed by atoms with Gasteiger partial charge in [-0.05, 0) is 25.7 Å². The fraction of sp³-hybridized carbons (Fsp3) is 0.667. The lowest BCUT2D eigenvalue weighted by Gasteiger charge is -2.21. The first-order valence-corrected chi connectivity index (χ1v) is 6.47. The van der Waals surface area contributed by atoms with Crippen molar-refractivity contribution in [2.45, 2.75) is 25.7 Å². The number of hydrogen-bond acceptors (Lipinski definition) is 5. The smallest absolute Gasteiger partial charge is 0.223 e. The van der Waals surface area contributed by atoms with Crippen molar-refractivity contribution in [3.05, 3.63) is 6.07 Å². The molecule has 2 N–H and O–H groups in total. The van der Waals surface area contributed by atoms with Crippen LogP contribution in [-0.2, 0) is 0 Å². The van der Waals surface area contributed by atoms with Crippen LogP contribution in [0.15, 0.2) is 6.07 Å². The van der Waals surface area contributed by atoms with Crippen LogP contribution in [0.5, 0.6) is 0 Å². The van der Waals surface area contributed by atoms with E-state index in [-0.39, 0.29) is 0 Å². The van der Waals surface area contributed by atoms with Gasteiger partial charge in [0.1, 0.15) is 11.6 Å². The minimum atomic E-state index is 0.399. The Morgan fingerprint density at radius 3 is 1.65 bits per heavy atom. The van der Waals surface area contributed by atoms with Gasteiger partial charge in [-0.3, -0.25) is 0 Å². The summed E-state index contributed by atoms with van der Waals surface area (Å²) in [6.45, 7) is 4.37. The van der Waals surface area contributed by atoms with Gasteiger partial charge in [0.25, 0.3) is 0 Å². The van der Waals surface area contributed by atoms with Crippen LogP contribution in [0.3, 0.4) is 0 Å². The Kier molecular flexibility index (Phi) is 2.74. The Balaban J connectivity index is 1.88. The molecule has 0 saturated carbocycles. The molecule has 17 heavy (non-hydrogen) atoms. The van der Waals surface area contributed by atoms with Gasteiger partial charge < -0.3 is 15.5 Å². The fourth-order valence-corrected chi connectivity index (χ4v) is 2.66. The van der Waals surface area contributed by atoms with Gasteiger partial charge in [-0.15, -0.1) is 0 Å². The standard InChI is InChI=1S/C12H19N5/c13-12-14-10(16-5-1-2-6-16)9-11(15-12)17-7-3-4-8-17/h9H,1-8H2,(H2,13,14,15). The summed E-state index contributed by atoms with van der Waals surface area (Å²) in [6.07, 6.45) is 5.01. The van der Waals surface area contributed by atoms with Crippen molar-refractivity contribution >= 4 is 17.6 Å². The first kappa shape index (κ1) is 10.6. The lowest BCUT2D eigenvalue weighted by molar-refractivity contribution is 0.900. The summed E-state index contributed by atoms with van der Waals surface area (Å²) >= 11 is 0. The molecule has 3 heterocycles. The highest BCUT2D eigenvalue weighted by Gasteiger charge is 2.19. The maximum absolute atomic E-state index is 5.82. The zero-order valence-corrected chi connectivity index (χ0v) is 10.1. The van der Waals surface area contributed by atoms with E-state index in [4.69, 9.17) is 5.73 Å². The van der Waals surface area contributed by atoms with E-state index in [2.05, 4.69) is 25.8 Å². The largest absolute Gasteiger partial charge is 0.368 e. The van der Waals surface area contributed by atoms with Gasteiger partial charge in [0.05, 0.1) is 0 Å². The van der Waals surface area contributed by atoms with Crippen molar-refractivity contribution in [1.29, 1.82) is 0 Å². The molecule has 0 amide bonds. The molecule has 1 aromatic rings. The van der Waals surface area contributed by atoms with Gasteiger partial charge in [0, 0.05) is 32.2 Å². The molecule has 0 unspecified atom stereocenters. The number of anilines is 3. The molecule has 3 rings (SSSR count). The maximum atomic E-state index is 5.82.